The third-order valence-corrected chi connectivity index (χ3v) is 4.33. The maximum absolute atomic E-state index is 10.5. The van der Waals surface area contributed by atoms with Crippen molar-refractivity contribution in [2.75, 3.05) is 0 Å². The maximum atomic E-state index is 10.5. The normalized spacial score (nSPS) is 12.6. The van der Waals surface area contributed by atoms with Crippen molar-refractivity contribution in [3.63, 3.8) is 0 Å². The third kappa shape index (κ3) is 20.6. The monoisotopic (exact) mass is 356 g/mol. The molecule has 132 valence electrons. The van der Waals surface area contributed by atoms with Gasteiger partial charge >= 0.3 is 29.6 Å². The molecule has 0 fully saturated rings. The first-order valence-corrected chi connectivity index (χ1v) is 10.1. The molecule has 0 aromatic carbocycles. The average Bonchev–Trinajstić information content (AvgIpc) is 2.46. The molecule has 0 spiro atoms. The van der Waals surface area contributed by atoms with E-state index in [4.69, 9.17) is 0 Å². The molecule has 0 aliphatic heterocycles. The Labute approximate surface area is 165 Å². The Hall–Kier alpha value is 0.610. The van der Waals surface area contributed by atoms with E-state index in [1.165, 1.54) is 63.9 Å². The molecule has 0 aliphatic rings. The molecule has 0 heterocycles. The Morgan fingerprint density at radius 3 is 1.65 bits per heavy atom. The number of hydrogen-bond donors (Lipinski definition) is 0. The van der Waals surface area contributed by atoms with E-state index in [0.717, 1.165) is 19.3 Å². The van der Waals surface area contributed by atoms with Gasteiger partial charge in [0.25, 0.3) is 0 Å². The second-order valence-corrected chi connectivity index (χ2v) is 6.97. The second kappa shape index (κ2) is 17.4. The Morgan fingerprint density at radius 2 is 1.30 bits per heavy atom. The molecule has 0 rings (SSSR count). The summed E-state index contributed by atoms with van der Waals surface area (Å²) >= 11 is 0. The fourth-order valence-electron chi connectivity index (χ4n) is 2.54. The van der Waals surface area contributed by atoms with E-state index < -0.39 is 16.5 Å². The molecular formula is C17H33NaO4S. The van der Waals surface area contributed by atoms with Gasteiger partial charge in [0.1, 0.15) is 0 Å². The fraction of sp³-hybridized carbons (Fsp3) is 0.882. The van der Waals surface area contributed by atoms with E-state index in [9.17, 15) is 13.0 Å². The summed E-state index contributed by atoms with van der Waals surface area (Å²) in [6.45, 7) is 5.73. The molecule has 0 saturated heterocycles. The summed E-state index contributed by atoms with van der Waals surface area (Å²) in [6.07, 6.45) is 16.3. The van der Waals surface area contributed by atoms with Crippen molar-refractivity contribution in [2.24, 2.45) is 0 Å². The minimum atomic E-state index is -4.62. The molecule has 0 aromatic heterocycles. The maximum Gasteiger partial charge on any atom is 1.00 e. The minimum absolute atomic E-state index is 0. The van der Waals surface area contributed by atoms with Crippen molar-refractivity contribution in [1.82, 2.24) is 0 Å². The van der Waals surface area contributed by atoms with E-state index in [2.05, 4.69) is 17.7 Å². The summed E-state index contributed by atoms with van der Waals surface area (Å²) in [7, 11) is -4.62. The average molecular weight is 357 g/mol. The van der Waals surface area contributed by atoms with Gasteiger partial charge < -0.3 is 4.55 Å². The van der Waals surface area contributed by atoms with Crippen molar-refractivity contribution in [1.29, 1.82) is 0 Å². The second-order valence-electron chi connectivity index (χ2n) is 5.96. The van der Waals surface area contributed by atoms with E-state index in [1.54, 1.807) is 0 Å². The van der Waals surface area contributed by atoms with Crippen molar-refractivity contribution < 1.29 is 46.7 Å². The van der Waals surface area contributed by atoms with E-state index in [0.29, 0.717) is 6.42 Å². The molecule has 0 aromatic rings. The van der Waals surface area contributed by atoms with Crippen LogP contribution in [0.2, 0.25) is 0 Å². The molecule has 0 amide bonds. The van der Waals surface area contributed by atoms with Crippen LogP contribution in [0, 0.1) is 0 Å². The summed E-state index contributed by atoms with van der Waals surface area (Å²) in [6, 6.07) is 0. The summed E-state index contributed by atoms with van der Waals surface area (Å²) in [5, 5.41) is 0. The molecular weight excluding hydrogens is 323 g/mol. The molecule has 0 saturated carbocycles. The molecule has 0 bridgehead atoms. The molecule has 6 heteroatoms. The Kier molecular flexibility index (Phi) is 19.6. The smallest absolute Gasteiger partial charge is 0.726 e. The molecule has 0 radical (unpaired) electrons. The van der Waals surface area contributed by atoms with Gasteiger partial charge in [-0.15, -0.1) is 6.58 Å². The van der Waals surface area contributed by atoms with Crippen LogP contribution >= 0.6 is 0 Å². The van der Waals surface area contributed by atoms with E-state index in [1.807, 2.05) is 0 Å². The molecule has 0 aliphatic carbocycles. The van der Waals surface area contributed by atoms with Crippen molar-refractivity contribution in [2.45, 2.75) is 96.5 Å². The Balaban J connectivity index is 0. The van der Waals surface area contributed by atoms with Gasteiger partial charge in [0, 0.05) is 0 Å². The topological polar surface area (TPSA) is 66.4 Å². The van der Waals surface area contributed by atoms with Crippen LogP contribution in [0.4, 0.5) is 0 Å². The first-order valence-electron chi connectivity index (χ1n) is 8.76. The van der Waals surface area contributed by atoms with Crippen LogP contribution in [0.5, 0.6) is 0 Å². The van der Waals surface area contributed by atoms with Crippen molar-refractivity contribution >= 4 is 10.4 Å². The molecule has 1 atom stereocenters. The zero-order chi connectivity index (χ0) is 16.7. The van der Waals surface area contributed by atoms with Crippen LogP contribution in [0.25, 0.3) is 0 Å². The molecule has 23 heavy (non-hydrogen) atoms. The van der Waals surface area contributed by atoms with Crippen LogP contribution in [-0.4, -0.2) is 19.1 Å². The van der Waals surface area contributed by atoms with Gasteiger partial charge in [-0.3, -0.25) is 4.18 Å². The van der Waals surface area contributed by atoms with E-state index in [-0.39, 0.29) is 29.6 Å². The summed E-state index contributed by atoms with van der Waals surface area (Å²) in [5.74, 6) is 0. The Bertz CT molecular complexity index is 358. The van der Waals surface area contributed by atoms with Crippen LogP contribution in [0.3, 0.4) is 0 Å². The summed E-state index contributed by atoms with van der Waals surface area (Å²) in [4.78, 5) is 0. The SMILES string of the molecule is C=CC(CCCCCCCCCCCCCC)OS(=O)(=O)[O-].[Na+]. The molecule has 0 N–H and O–H groups in total. The molecule has 1 unspecified atom stereocenters. The van der Waals surface area contributed by atoms with Crippen molar-refractivity contribution in [3.05, 3.63) is 12.7 Å². The fourth-order valence-corrected chi connectivity index (χ4v) is 3.02. The van der Waals surface area contributed by atoms with Gasteiger partial charge in [-0.1, -0.05) is 90.0 Å². The van der Waals surface area contributed by atoms with Crippen LogP contribution in [0.15, 0.2) is 12.7 Å². The number of unbranched alkanes of at least 4 members (excludes halogenated alkanes) is 11. The van der Waals surface area contributed by atoms with Crippen molar-refractivity contribution in [3.8, 4) is 0 Å². The van der Waals surface area contributed by atoms with Gasteiger partial charge in [-0.2, -0.15) is 0 Å². The zero-order valence-electron chi connectivity index (χ0n) is 15.1. The largest absolute Gasteiger partial charge is 1.00 e. The number of rotatable bonds is 16. The predicted octanol–water partition coefficient (Wildman–Crippen LogP) is 2.11. The van der Waals surface area contributed by atoms with Gasteiger partial charge in [0.05, 0.1) is 6.10 Å². The van der Waals surface area contributed by atoms with Gasteiger partial charge in [-0.05, 0) is 6.42 Å². The summed E-state index contributed by atoms with van der Waals surface area (Å²) < 4.78 is 35.9. The zero-order valence-corrected chi connectivity index (χ0v) is 17.9. The predicted molar refractivity (Wildman–Crippen MR) is 90.5 cm³/mol. The van der Waals surface area contributed by atoms with E-state index >= 15 is 0 Å². The van der Waals surface area contributed by atoms with Crippen LogP contribution in [-0.2, 0) is 14.6 Å². The van der Waals surface area contributed by atoms with Crippen LogP contribution in [0.1, 0.15) is 90.4 Å². The van der Waals surface area contributed by atoms with Gasteiger partial charge in [0.2, 0.25) is 10.4 Å². The molecule has 4 nitrogen and oxygen atoms in total. The number of hydrogen-bond acceptors (Lipinski definition) is 4. The standard InChI is InChI=1S/C17H34O4S.Na/c1-3-5-6-7-8-9-10-11-12-13-14-15-16-17(4-2)21-22(18,19)20;/h4,17H,2-3,5-16H2,1H3,(H,18,19,20);/q;+1/p-1. The first kappa shape index (κ1) is 25.8. The van der Waals surface area contributed by atoms with Gasteiger partial charge in [-0.25, -0.2) is 8.42 Å². The van der Waals surface area contributed by atoms with Gasteiger partial charge in [0.15, 0.2) is 0 Å². The Morgan fingerprint density at radius 1 is 0.913 bits per heavy atom. The minimum Gasteiger partial charge on any atom is -0.726 e. The third-order valence-electron chi connectivity index (χ3n) is 3.85. The summed E-state index contributed by atoms with van der Waals surface area (Å²) in [5.41, 5.74) is 0. The van der Waals surface area contributed by atoms with Crippen LogP contribution < -0.4 is 29.6 Å². The quantitative estimate of drug-likeness (QED) is 0.140. The first-order chi connectivity index (χ1) is 10.5.